The molecule has 1 aliphatic rings. The summed E-state index contributed by atoms with van der Waals surface area (Å²) < 4.78 is 6.33. The molecular formula is C18H29NO. The Hall–Kier alpha value is -1.02. The van der Waals surface area contributed by atoms with Crippen LogP contribution < -0.4 is 10.5 Å². The summed E-state index contributed by atoms with van der Waals surface area (Å²) >= 11 is 0. The van der Waals surface area contributed by atoms with Crippen LogP contribution in [0.3, 0.4) is 0 Å². The van der Waals surface area contributed by atoms with Crippen molar-refractivity contribution in [1.29, 1.82) is 0 Å². The Labute approximate surface area is 123 Å². The maximum atomic E-state index is 6.33. The van der Waals surface area contributed by atoms with Gasteiger partial charge in [0.2, 0.25) is 0 Å². The largest absolute Gasteiger partial charge is 0.490 e. The fourth-order valence-electron chi connectivity index (χ4n) is 3.48. The summed E-state index contributed by atoms with van der Waals surface area (Å²) in [6.07, 6.45) is 4.93. The van der Waals surface area contributed by atoms with Gasteiger partial charge < -0.3 is 10.5 Å². The molecule has 1 aromatic carbocycles. The third-order valence-electron chi connectivity index (χ3n) is 4.19. The minimum Gasteiger partial charge on any atom is -0.490 e. The molecule has 20 heavy (non-hydrogen) atoms. The van der Waals surface area contributed by atoms with E-state index in [1.807, 2.05) is 0 Å². The van der Waals surface area contributed by atoms with Gasteiger partial charge in [0.15, 0.2) is 0 Å². The molecule has 2 heteroatoms. The average molecular weight is 275 g/mol. The van der Waals surface area contributed by atoms with Crippen LogP contribution in [0.15, 0.2) is 18.2 Å². The smallest absolute Gasteiger partial charge is 0.122 e. The van der Waals surface area contributed by atoms with Crippen molar-refractivity contribution < 1.29 is 4.74 Å². The summed E-state index contributed by atoms with van der Waals surface area (Å²) in [4.78, 5) is 0. The molecule has 0 spiro atoms. The van der Waals surface area contributed by atoms with E-state index >= 15 is 0 Å². The van der Waals surface area contributed by atoms with E-state index in [0.29, 0.717) is 6.10 Å². The SMILES string of the molecule is Cc1ccc(OC2CC(C)CC(C)C2)c(CC(C)N)c1. The molecule has 0 saturated heterocycles. The Bertz CT molecular complexity index is 431. The van der Waals surface area contributed by atoms with E-state index in [1.165, 1.54) is 30.4 Å². The summed E-state index contributed by atoms with van der Waals surface area (Å²) in [5.74, 6) is 2.58. The van der Waals surface area contributed by atoms with Crippen molar-refractivity contribution in [3.63, 3.8) is 0 Å². The first kappa shape index (κ1) is 15.4. The predicted octanol–water partition coefficient (Wildman–Crippen LogP) is 4.09. The second-order valence-electron chi connectivity index (χ2n) is 6.95. The highest BCUT2D eigenvalue weighted by atomic mass is 16.5. The first-order chi connectivity index (χ1) is 9.44. The molecule has 0 radical (unpaired) electrons. The molecule has 1 aliphatic carbocycles. The maximum Gasteiger partial charge on any atom is 0.122 e. The quantitative estimate of drug-likeness (QED) is 0.898. The summed E-state index contributed by atoms with van der Waals surface area (Å²) in [7, 11) is 0. The maximum absolute atomic E-state index is 6.33. The molecule has 0 bridgehead atoms. The van der Waals surface area contributed by atoms with Gasteiger partial charge in [-0.2, -0.15) is 0 Å². The van der Waals surface area contributed by atoms with Gasteiger partial charge in [-0.1, -0.05) is 31.5 Å². The Morgan fingerprint density at radius 3 is 2.45 bits per heavy atom. The number of hydrogen-bond donors (Lipinski definition) is 1. The Morgan fingerprint density at radius 1 is 1.20 bits per heavy atom. The van der Waals surface area contributed by atoms with Crippen LogP contribution in [0.4, 0.5) is 0 Å². The second kappa shape index (κ2) is 6.62. The standard InChI is InChI=1S/C18H29NO/c1-12-5-6-18(16(8-12)11-15(4)19)20-17-9-13(2)7-14(3)10-17/h5-6,8,13-15,17H,7,9-11,19H2,1-4H3. The predicted molar refractivity (Wildman–Crippen MR) is 85.1 cm³/mol. The summed E-state index contributed by atoms with van der Waals surface area (Å²) in [6, 6.07) is 6.64. The Balaban J connectivity index is 2.11. The number of nitrogens with two attached hydrogens (primary N) is 1. The van der Waals surface area contributed by atoms with Gasteiger partial charge in [-0.05, 0) is 63.0 Å². The van der Waals surface area contributed by atoms with Crippen LogP contribution in [0.1, 0.15) is 51.2 Å². The van der Waals surface area contributed by atoms with Gasteiger partial charge in [0.05, 0.1) is 6.10 Å². The lowest BCUT2D eigenvalue weighted by molar-refractivity contribution is 0.1000. The molecule has 1 aromatic rings. The zero-order chi connectivity index (χ0) is 14.7. The molecule has 112 valence electrons. The van der Waals surface area contributed by atoms with Crippen LogP contribution >= 0.6 is 0 Å². The van der Waals surface area contributed by atoms with E-state index in [0.717, 1.165) is 24.0 Å². The third kappa shape index (κ3) is 4.24. The lowest BCUT2D eigenvalue weighted by atomic mass is 9.82. The van der Waals surface area contributed by atoms with Gasteiger partial charge in [-0.3, -0.25) is 0 Å². The molecule has 3 unspecified atom stereocenters. The van der Waals surface area contributed by atoms with E-state index in [2.05, 4.69) is 45.9 Å². The highest BCUT2D eigenvalue weighted by molar-refractivity contribution is 5.37. The van der Waals surface area contributed by atoms with Crippen LogP contribution in [0.5, 0.6) is 5.75 Å². The highest BCUT2D eigenvalue weighted by Crippen LogP contribution is 2.32. The van der Waals surface area contributed by atoms with Gasteiger partial charge >= 0.3 is 0 Å². The van der Waals surface area contributed by atoms with Gasteiger partial charge in [-0.25, -0.2) is 0 Å². The van der Waals surface area contributed by atoms with E-state index in [1.54, 1.807) is 0 Å². The van der Waals surface area contributed by atoms with E-state index in [9.17, 15) is 0 Å². The first-order valence-corrected chi connectivity index (χ1v) is 7.95. The fourth-order valence-corrected chi connectivity index (χ4v) is 3.48. The molecule has 2 nitrogen and oxygen atoms in total. The number of ether oxygens (including phenoxy) is 1. The number of hydrogen-bond acceptors (Lipinski definition) is 2. The van der Waals surface area contributed by atoms with Gasteiger partial charge in [0.1, 0.15) is 5.75 Å². The minimum absolute atomic E-state index is 0.170. The third-order valence-corrected chi connectivity index (χ3v) is 4.19. The number of aryl methyl sites for hydroxylation is 1. The topological polar surface area (TPSA) is 35.2 Å². The zero-order valence-electron chi connectivity index (χ0n) is 13.4. The van der Waals surface area contributed by atoms with Crippen molar-refractivity contribution in [3.8, 4) is 5.75 Å². The summed E-state index contributed by atoms with van der Waals surface area (Å²) in [5, 5.41) is 0. The minimum atomic E-state index is 0.170. The Morgan fingerprint density at radius 2 is 1.85 bits per heavy atom. The average Bonchev–Trinajstić information content (AvgIpc) is 2.30. The number of rotatable bonds is 4. The molecule has 1 saturated carbocycles. The van der Waals surface area contributed by atoms with Crippen molar-refractivity contribution in [2.75, 3.05) is 0 Å². The van der Waals surface area contributed by atoms with Crippen molar-refractivity contribution in [3.05, 3.63) is 29.3 Å². The molecule has 2 N–H and O–H groups in total. The van der Waals surface area contributed by atoms with Gasteiger partial charge in [-0.15, -0.1) is 0 Å². The van der Waals surface area contributed by atoms with Crippen LogP contribution in [-0.4, -0.2) is 12.1 Å². The van der Waals surface area contributed by atoms with Crippen molar-refractivity contribution in [1.82, 2.24) is 0 Å². The second-order valence-corrected chi connectivity index (χ2v) is 6.95. The molecule has 0 heterocycles. The van der Waals surface area contributed by atoms with Gasteiger partial charge in [0.25, 0.3) is 0 Å². The Kier molecular flexibility index (Phi) is 5.09. The van der Waals surface area contributed by atoms with Crippen molar-refractivity contribution in [2.45, 2.75) is 65.5 Å². The monoisotopic (exact) mass is 275 g/mol. The van der Waals surface area contributed by atoms with E-state index in [-0.39, 0.29) is 6.04 Å². The number of benzene rings is 1. The van der Waals surface area contributed by atoms with Crippen molar-refractivity contribution >= 4 is 0 Å². The van der Waals surface area contributed by atoms with Crippen LogP contribution in [0.2, 0.25) is 0 Å². The molecule has 2 rings (SSSR count). The molecule has 3 atom stereocenters. The summed E-state index contributed by atoms with van der Waals surface area (Å²) in [6.45, 7) is 8.85. The zero-order valence-corrected chi connectivity index (χ0v) is 13.4. The van der Waals surface area contributed by atoms with Crippen LogP contribution in [-0.2, 0) is 6.42 Å². The highest BCUT2D eigenvalue weighted by Gasteiger charge is 2.25. The fraction of sp³-hybridized carbons (Fsp3) is 0.667. The molecular weight excluding hydrogens is 246 g/mol. The molecule has 0 aromatic heterocycles. The van der Waals surface area contributed by atoms with Gasteiger partial charge in [0, 0.05) is 6.04 Å². The van der Waals surface area contributed by atoms with Crippen LogP contribution in [0.25, 0.3) is 0 Å². The lowest BCUT2D eigenvalue weighted by Crippen LogP contribution is -2.29. The normalized spacial score (nSPS) is 28.1. The van der Waals surface area contributed by atoms with E-state index < -0.39 is 0 Å². The van der Waals surface area contributed by atoms with Crippen LogP contribution in [0, 0.1) is 18.8 Å². The van der Waals surface area contributed by atoms with Crippen molar-refractivity contribution in [2.24, 2.45) is 17.6 Å². The summed E-state index contributed by atoms with van der Waals surface area (Å²) in [5.41, 5.74) is 8.50. The molecule has 0 aliphatic heterocycles. The molecule has 1 fully saturated rings. The lowest BCUT2D eigenvalue weighted by Gasteiger charge is -2.32. The molecule has 0 amide bonds. The van der Waals surface area contributed by atoms with E-state index in [4.69, 9.17) is 10.5 Å². The first-order valence-electron chi connectivity index (χ1n) is 7.95.